The van der Waals surface area contributed by atoms with E-state index in [1.165, 1.54) is 17.5 Å². The standard InChI is InChI=1S/C22H20F2N4O2S/c23-15-4-6-17(18(24)13-15)21(29)26-16-5-7-20(25-14-16)27-8-2-9-28(11-10-27)22(30)19-3-1-12-31-19/h1,3-7,12-14H,2,8-11H2,(H,26,29). The van der Waals surface area contributed by atoms with E-state index in [1.807, 2.05) is 22.4 Å². The molecule has 1 N–H and O–H groups in total. The number of aromatic nitrogens is 1. The first-order valence-corrected chi connectivity index (χ1v) is 10.7. The highest BCUT2D eigenvalue weighted by Gasteiger charge is 2.21. The van der Waals surface area contributed by atoms with Crippen LogP contribution in [0.2, 0.25) is 0 Å². The van der Waals surface area contributed by atoms with E-state index in [4.69, 9.17) is 0 Å². The Labute approximate surface area is 182 Å². The molecule has 0 aliphatic carbocycles. The average Bonchev–Trinajstić information content (AvgIpc) is 3.18. The van der Waals surface area contributed by atoms with E-state index in [0.29, 0.717) is 31.4 Å². The zero-order chi connectivity index (χ0) is 21.8. The van der Waals surface area contributed by atoms with E-state index in [2.05, 4.69) is 15.2 Å². The second-order valence-corrected chi connectivity index (χ2v) is 8.04. The molecule has 6 nitrogen and oxygen atoms in total. The van der Waals surface area contributed by atoms with Gasteiger partial charge in [-0.25, -0.2) is 13.8 Å². The lowest BCUT2D eigenvalue weighted by atomic mass is 10.2. The van der Waals surface area contributed by atoms with Gasteiger partial charge in [-0.15, -0.1) is 11.3 Å². The van der Waals surface area contributed by atoms with Crippen LogP contribution in [0.4, 0.5) is 20.3 Å². The Kier molecular flexibility index (Phi) is 6.22. The van der Waals surface area contributed by atoms with E-state index >= 15 is 0 Å². The van der Waals surface area contributed by atoms with Gasteiger partial charge in [0, 0.05) is 32.2 Å². The molecule has 0 bridgehead atoms. The number of pyridine rings is 1. The molecule has 0 atom stereocenters. The number of benzene rings is 1. The van der Waals surface area contributed by atoms with Crippen molar-refractivity contribution in [3.63, 3.8) is 0 Å². The number of rotatable bonds is 4. The average molecular weight is 442 g/mol. The maximum atomic E-state index is 13.8. The Balaban J connectivity index is 1.38. The molecule has 2 amide bonds. The minimum absolute atomic E-state index is 0.0518. The number of halogens is 2. The highest BCUT2D eigenvalue weighted by Crippen LogP contribution is 2.19. The largest absolute Gasteiger partial charge is 0.355 e. The molecule has 31 heavy (non-hydrogen) atoms. The third-order valence-corrected chi connectivity index (χ3v) is 5.88. The number of nitrogens with zero attached hydrogens (tertiary/aromatic N) is 3. The summed E-state index contributed by atoms with van der Waals surface area (Å²) in [4.78, 5) is 33.9. The van der Waals surface area contributed by atoms with Crippen molar-refractivity contribution in [2.75, 3.05) is 36.4 Å². The van der Waals surface area contributed by atoms with Crippen LogP contribution < -0.4 is 10.2 Å². The highest BCUT2D eigenvalue weighted by molar-refractivity contribution is 7.12. The molecule has 2 aromatic heterocycles. The van der Waals surface area contributed by atoms with Crippen LogP contribution in [-0.4, -0.2) is 47.9 Å². The fraction of sp³-hybridized carbons (Fsp3) is 0.227. The first-order valence-electron chi connectivity index (χ1n) is 9.81. The van der Waals surface area contributed by atoms with Crippen LogP contribution in [0.3, 0.4) is 0 Å². The van der Waals surface area contributed by atoms with Gasteiger partial charge in [0.1, 0.15) is 17.5 Å². The van der Waals surface area contributed by atoms with Crippen molar-refractivity contribution in [2.24, 2.45) is 0 Å². The molecule has 3 aromatic rings. The summed E-state index contributed by atoms with van der Waals surface area (Å²) >= 11 is 1.44. The van der Waals surface area contributed by atoms with Gasteiger partial charge in [0.25, 0.3) is 11.8 Å². The number of thiophene rings is 1. The second kappa shape index (κ2) is 9.22. The summed E-state index contributed by atoms with van der Waals surface area (Å²) in [6.45, 7) is 2.69. The van der Waals surface area contributed by atoms with Crippen molar-refractivity contribution in [1.29, 1.82) is 0 Å². The minimum atomic E-state index is -0.923. The fourth-order valence-electron chi connectivity index (χ4n) is 3.42. The molecule has 0 radical (unpaired) electrons. The molecule has 160 valence electrons. The number of carbonyl (C=O) groups excluding carboxylic acids is 2. The molecule has 1 saturated heterocycles. The van der Waals surface area contributed by atoms with E-state index in [0.717, 1.165) is 35.8 Å². The number of amides is 2. The number of carbonyl (C=O) groups is 2. The Bertz CT molecular complexity index is 1070. The van der Waals surface area contributed by atoms with Crippen LogP contribution in [0.1, 0.15) is 26.5 Å². The zero-order valence-corrected chi connectivity index (χ0v) is 17.4. The van der Waals surface area contributed by atoms with Gasteiger partial charge in [0.05, 0.1) is 22.3 Å². The fourth-order valence-corrected chi connectivity index (χ4v) is 4.12. The van der Waals surface area contributed by atoms with Gasteiger partial charge < -0.3 is 15.1 Å². The number of anilines is 2. The summed E-state index contributed by atoms with van der Waals surface area (Å²) in [6.07, 6.45) is 2.31. The van der Waals surface area contributed by atoms with E-state index in [9.17, 15) is 18.4 Å². The maximum absolute atomic E-state index is 13.8. The molecule has 0 unspecified atom stereocenters. The smallest absolute Gasteiger partial charge is 0.263 e. The predicted molar refractivity (Wildman–Crippen MR) is 116 cm³/mol. The Hall–Kier alpha value is -3.33. The van der Waals surface area contributed by atoms with Gasteiger partial charge in [-0.05, 0) is 42.1 Å². The summed E-state index contributed by atoms with van der Waals surface area (Å²) < 4.78 is 26.8. The molecule has 4 rings (SSSR count). The molecule has 0 saturated carbocycles. The van der Waals surface area contributed by atoms with Gasteiger partial charge >= 0.3 is 0 Å². The number of nitrogens with one attached hydrogen (secondary N) is 1. The lowest BCUT2D eigenvalue weighted by Crippen LogP contribution is -2.35. The third kappa shape index (κ3) is 4.88. The van der Waals surface area contributed by atoms with Gasteiger partial charge in [-0.1, -0.05) is 6.07 Å². The van der Waals surface area contributed by atoms with E-state index in [1.54, 1.807) is 12.1 Å². The SMILES string of the molecule is O=C(Nc1ccc(N2CCCN(C(=O)c3cccs3)CC2)nc1)c1ccc(F)cc1F. The van der Waals surface area contributed by atoms with Gasteiger partial charge in [0.2, 0.25) is 0 Å². The van der Waals surface area contributed by atoms with Crippen LogP contribution >= 0.6 is 11.3 Å². The number of hydrogen-bond donors (Lipinski definition) is 1. The molecular formula is C22H20F2N4O2S. The molecule has 1 aromatic carbocycles. The van der Waals surface area contributed by atoms with Crippen molar-refractivity contribution in [3.05, 3.63) is 76.1 Å². The van der Waals surface area contributed by atoms with Crippen LogP contribution in [0.15, 0.2) is 54.0 Å². The van der Waals surface area contributed by atoms with Crippen LogP contribution in [0.5, 0.6) is 0 Å². The Morgan fingerprint density at radius 1 is 1.03 bits per heavy atom. The summed E-state index contributed by atoms with van der Waals surface area (Å²) in [7, 11) is 0. The lowest BCUT2D eigenvalue weighted by Gasteiger charge is -2.22. The summed E-state index contributed by atoms with van der Waals surface area (Å²) in [6, 6.07) is 9.96. The summed E-state index contributed by atoms with van der Waals surface area (Å²) in [5.74, 6) is -1.56. The Morgan fingerprint density at radius 2 is 1.90 bits per heavy atom. The van der Waals surface area contributed by atoms with Crippen LogP contribution in [-0.2, 0) is 0 Å². The topological polar surface area (TPSA) is 65.5 Å². The Morgan fingerprint density at radius 3 is 2.61 bits per heavy atom. The van der Waals surface area contributed by atoms with Crippen LogP contribution in [0.25, 0.3) is 0 Å². The highest BCUT2D eigenvalue weighted by atomic mass is 32.1. The molecule has 0 spiro atoms. The quantitative estimate of drug-likeness (QED) is 0.663. The van der Waals surface area contributed by atoms with Crippen molar-refractivity contribution in [3.8, 4) is 0 Å². The van der Waals surface area contributed by atoms with Crippen molar-refractivity contribution >= 4 is 34.7 Å². The zero-order valence-electron chi connectivity index (χ0n) is 16.6. The number of hydrogen-bond acceptors (Lipinski definition) is 5. The van der Waals surface area contributed by atoms with Crippen molar-refractivity contribution in [1.82, 2.24) is 9.88 Å². The molecule has 1 aliphatic rings. The second-order valence-electron chi connectivity index (χ2n) is 7.09. The first-order chi connectivity index (χ1) is 15.0. The predicted octanol–water partition coefficient (Wildman–Crippen LogP) is 4.03. The summed E-state index contributed by atoms with van der Waals surface area (Å²) in [5, 5.41) is 4.46. The molecule has 1 fully saturated rings. The van der Waals surface area contributed by atoms with Crippen molar-refractivity contribution in [2.45, 2.75) is 6.42 Å². The normalized spacial score (nSPS) is 14.3. The maximum Gasteiger partial charge on any atom is 0.263 e. The third-order valence-electron chi connectivity index (χ3n) is 5.02. The van der Waals surface area contributed by atoms with Gasteiger partial charge in [-0.2, -0.15) is 0 Å². The van der Waals surface area contributed by atoms with E-state index in [-0.39, 0.29) is 11.5 Å². The molecule has 1 aliphatic heterocycles. The van der Waals surface area contributed by atoms with Crippen molar-refractivity contribution < 1.29 is 18.4 Å². The minimum Gasteiger partial charge on any atom is -0.355 e. The van der Waals surface area contributed by atoms with Crippen LogP contribution in [0, 0.1) is 11.6 Å². The van der Waals surface area contributed by atoms with Gasteiger partial charge in [-0.3, -0.25) is 9.59 Å². The molecule has 9 heteroatoms. The summed E-state index contributed by atoms with van der Waals surface area (Å²) in [5.41, 5.74) is 0.162. The molecule has 3 heterocycles. The monoisotopic (exact) mass is 442 g/mol. The molecular weight excluding hydrogens is 422 g/mol. The lowest BCUT2D eigenvalue weighted by molar-refractivity contribution is 0.0771. The first kappa shape index (κ1) is 20.9. The van der Waals surface area contributed by atoms with E-state index < -0.39 is 17.5 Å². The van der Waals surface area contributed by atoms with Gasteiger partial charge in [0.15, 0.2) is 0 Å².